The Hall–Kier alpha value is -2.11. The highest BCUT2D eigenvalue weighted by atomic mass is 35.5. The third-order valence-corrected chi connectivity index (χ3v) is 4.24. The Morgan fingerprint density at radius 3 is 2.36 bits per heavy atom. The Morgan fingerprint density at radius 2 is 1.72 bits per heavy atom. The molecule has 5 nitrogen and oxygen atoms in total. The molecule has 1 aliphatic rings. The summed E-state index contributed by atoms with van der Waals surface area (Å²) in [4.78, 5) is 0. The predicted molar refractivity (Wildman–Crippen MR) is 99.5 cm³/mol. The molecule has 2 aromatic rings. The molecule has 0 aliphatic carbocycles. The van der Waals surface area contributed by atoms with Crippen molar-refractivity contribution in [2.75, 3.05) is 27.9 Å². The van der Waals surface area contributed by atoms with Gasteiger partial charge < -0.3 is 24.3 Å². The number of hydrogen-bond donors (Lipinski definition) is 1. The molecular weight excluding hydrogens is 342 g/mol. The quantitative estimate of drug-likeness (QED) is 0.844. The Labute approximate surface area is 154 Å². The number of halogens is 1. The first-order valence-electron chi connectivity index (χ1n) is 8.00. The highest BCUT2D eigenvalue weighted by Gasteiger charge is 2.21. The zero-order valence-corrected chi connectivity index (χ0v) is 15.5. The molecular formula is C19H24ClNO4. The minimum absolute atomic E-state index is 0. The van der Waals surface area contributed by atoms with E-state index < -0.39 is 0 Å². The van der Waals surface area contributed by atoms with Crippen molar-refractivity contribution in [3.8, 4) is 23.0 Å². The minimum Gasteiger partial charge on any atom is -0.493 e. The molecule has 3 rings (SSSR count). The van der Waals surface area contributed by atoms with Gasteiger partial charge in [0.25, 0.3) is 0 Å². The summed E-state index contributed by atoms with van der Waals surface area (Å²) in [5.74, 6) is 2.91. The van der Waals surface area contributed by atoms with Crippen molar-refractivity contribution in [2.45, 2.75) is 19.0 Å². The highest BCUT2D eigenvalue weighted by Crippen LogP contribution is 2.38. The van der Waals surface area contributed by atoms with Gasteiger partial charge in [-0.25, -0.2) is 0 Å². The second-order valence-electron chi connectivity index (χ2n) is 5.64. The van der Waals surface area contributed by atoms with Crippen molar-refractivity contribution >= 4 is 12.4 Å². The van der Waals surface area contributed by atoms with E-state index in [1.807, 2.05) is 30.3 Å². The van der Waals surface area contributed by atoms with Crippen molar-refractivity contribution in [3.63, 3.8) is 0 Å². The Balaban J connectivity index is 0.00000225. The smallest absolute Gasteiger partial charge is 0.203 e. The maximum absolute atomic E-state index is 5.71. The lowest BCUT2D eigenvalue weighted by atomic mass is 10.0. The summed E-state index contributed by atoms with van der Waals surface area (Å²) in [6.07, 6.45) is 0.946. The molecule has 0 spiro atoms. The number of benzene rings is 2. The van der Waals surface area contributed by atoms with Gasteiger partial charge >= 0.3 is 0 Å². The summed E-state index contributed by atoms with van der Waals surface area (Å²) >= 11 is 0. The summed E-state index contributed by atoms with van der Waals surface area (Å²) in [6, 6.07) is 12.4. The molecule has 25 heavy (non-hydrogen) atoms. The fraction of sp³-hybridized carbons (Fsp3) is 0.368. The van der Waals surface area contributed by atoms with Crippen LogP contribution < -0.4 is 24.3 Å². The molecule has 0 fully saturated rings. The molecule has 0 aromatic heterocycles. The maximum atomic E-state index is 5.71. The topological polar surface area (TPSA) is 49.0 Å². The van der Waals surface area contributed by atoms with E-state index in [1.165, 1.54) is 5.56 Å². The van der Waals surface area contributed by atoms with E-state index in [1.54, 1.807) is 21.3 Å². The van der Waals surface area contributed by atoms with E-state index in [4.69, 9.17) is 18.9 Å². The molecule has 6 heteroatoms. The van der Waals surface area contributed by atoms with Gasteiger partial charge in [-0.1, -0.05) is 18.2 Å². The van der Waals surface area contributed by atoms with Crippen molar-refractivity contribution in [3.05, 3.63) is 47.5 Å². The molecule has 136 valence electrons. The molecule has 0 saturated carbocycles. The minimum atomic E-state index is 0. The third-order valence-electron chi connectivity index (χ3n) is 4.24. The number of hydrogen-bond acceptors (Lipinski definition) is 5. The summed E-state index contributed by atoms with van der Waals surface area (Å²) in [7, 11) is 4.86. The van der Waals surface area contributed by atoms with Crippen molar-refractivity contribution < 1.29 is 18.9 Å². The first kappa shape index (κ1) is 19.2. The van der Waals surface area contributed by atoms with Gasteiger partial charge in [0.15, 0.2) is 11.5 Å². The Morgan fingerprint density at radius 1 is 1.04 bits per heavy atom. The van der Waals surface area contributed by atoms with Gasteiger partial charge in [0.2, 0.25) is 5.75 Å². The second kappa shape index (κ2) is 8.83. The lowest BCUT2D eigenvalue weighted by Crippen LogP contribution is -2.26. The van der Waals surface area contributed by atoms with Crippen molar-refractivity contribution in [1.29, 1.82) is 0 Å². The Kier molecular flexibility index (Phi) is 6.79. The van der Waals surface area contributed by atoms with E-state index in [0.717, 1.165) is 24.3 Å². The molecule has 0 amide bonds. The van der Waals surface area contributed by atoms with E-state index in [9.17, 15) is 0 Å². The lowest BCUT2D eigenvalue weighted by Gasteiger charge is -2.27. The van der Waals surface area contributed by atoms with Crippen LogP contribution in [0.3, 0.4) is 0 Å². The van der Waals surface area contributed by atoms with Crippen LogP contribution in [0.1, 0.15) is 23.6 Å². The van der Waals surface area contributed by atoms with Crippen LogP contribution in [-0.2, 0) is 6.54 Å². The van der Waals surface area contributed by atoms with Gasteiger partial charge in [0, 0.05) is 24.6 Å². The van der Waals surface area contributed by atoms with Crippen LogP contribution in [0, 0.1) is 0 Å². The summed E-state index contributed by atoms with van der Waals surface area (Å²) in [5, 5.41) is 3.60. The van der Waals surface area contributed by atoms with Crippen LogP contribution in [0.15, 0.2) is 36.4 Å². The molecule has 1 N–H and O–H groups in total. The van der Waals surface area contributed by atoms with Gasteiger partial charge in [-0.2, -0.15) is 0 Å². The zero-order valence-electron chi connectivity index (χ0n) is 14.7. The van der Waals surface area contributed by atoms with Gasteiger partial charge in [-0.15, -0.1) is 12.4 Å². The van der Waals surface area contributed by atoms with E-state index in [-0.39, 0.29) is 18.4 Å². The van der Waals surface area contributed by atoms with Crippen molar-refractivity contribution in [1.82, 2.24) is 5.32 Å². The maximum Gasteiger partial charge on any atom is 0.203 e. The van der Waals surface area contributed by atoms with Crippen LogP contribution >= 0.6 is 12.4 Å². The predicted octanol–water partition coefficient (Wildman–Crippen LogP) is 3.75. The first-order valence-corrected chi connectivity index (χ1v) is 8.00. The lowest BCUT2D eigenvalue weighted by molar-refractivity contribution is 0.252. The molecule has 2 aromatic carbocycles. The van der Waals surface area contributed by atoms with Crippen LogP contribution in [0.4, 0.5) is 0 Å². The monoisotopic (exact) mass is 365 g/mol. The fourth-order valence-corrected chi connectivity index (χ4v) is 3.03. The second-order valence-corrected chi connectivity index (χ2v) is 5.64. The average molecular weight is 366 g/mol. The van der Waals surface area contributed by atoms with Gasteiger partial charge in [0.05, 0.1) is 27.9 Å². The third kappa shape index (κ3) is 4.11. The van der Waals surface area contributed by atoms with Crippen LogP contribution in [-0.4, -0.2) is 27.9 Å². The van der Waals surface area contributed by atoms with Crippen LogP contribution in [0.2, 0.25) is 0 Å². The summed E-state index contributed by atoms with van der Waals surface area (Å²) in [6.45, 7) is 1.43. The fourth-order valence-electron chi connectivity index (χ4n) is 3.03. The van der Waals surface area contributed by atoms with Gasteiger partial charge in [0.1, 0.15) is 5.75 Å². The number of nitrogens with one attached hydrogen (secondary N) is 1. The van der Waals surface area contributed by atoms with E-state index in [0.29, 0.717) is 23.8 Å². The van der Waals surface area contributed by atoms with E-state index >= 15 is 0 Å². The average Bonchev–Trinajstić information content (AvgIpc) is 2.65. The molecule has 1 aliphatic heterocycles. The number of ether oxygens (including phenoxy) is 4. The highest BCUT2D eigenvalue weighted by molar-refractivity contribution is 5.85. The first-order chi connectivity index (χ1) is 11.8. The molecule has 1 atom stereocenters. The van der Waals surface area contributed by atoms with E-state index in [2.05, 4.69) is 11.4 Å². The normalized spacial score (nSPS) is 15.4. The number of methoxy groups -OCH3 is 3. The Bertz CT molecular complexity index is 683. The number of fused-ring (bicyclic) bond motifs is 1. The standard InChI is InChI=1S/C19H23NO4.ClH/c1-21-17-10-13(11-18(22-2)19(17)23-3)12-20-15-8-9-24-16-7-5-4-6-14(15)16;/h4-7,10-11,15,20H,8-9,12H2,1-3H3;1H. The SMILES string of the molecule is COc1cc(CNC2CCOc3ccccc32)cc(OC)c1OC.Cl. The zero-order chi connectivity index (χ0) is 16.9. The van der Waals surface area contributed by atoms with Crippen molar-refractivity contribution in [2.24, 2.45) is 0 Å². The molecule has 0 radical (unpaired) electrons. The molecule has 0 saturated heterocycles. The molecule has 1 unspecified atom stereocenters. The van der Waals surface area contributed by atoms with Gasteiger partial charge in [-0.3, -0.25) is 0 Å². The van der Waals surface area contributed by atoms with Gasteiger partial charge in [-0.05, 0) is 23.8 Å². The van der Waals surface area contributed by atoms with Crippen LogP contribution in [0.25, 0.3) is 0 Å². The largest absolute Gasteiger partial charge is 0.493 e. The summed E-state index contributed by atoms with van der Waals surface area (Å²) in [5.41, 5.74) is 2.28. The number of para-hydroxylation sites is 1. The molecule has 1 heterocycles. The van der Waals surface area contributed by atoms with Crippen LogP contribution in [0.5, 0.6) is 23.0 Å². The summed E-state index contributed by atoms with van der Waals surface area (Å²) < 4.78 is 21.9. The number of rotatable bonds is 6. The molecule has 0 bridgehead atoms.